The van der Waals surface area contributed by atoms with Crippen molar-refractivity contribution in [2.24, 2.45) is 0 Å². The van der Waals surface area contributed by atoms with Crippen LogP contribution in [0.3, 0.4) is 0 Å². The van der Waals surface area contributed by atoms with E-state index in [9.17, 15) is 18.0 Å². The van der Waals surface area contributed by atoms with Crippen molar-refractivity contribution in [2.75, 3.05) is 27.2 Å². The number of nitrogens with zero attached hydrogens (tertiary/aromatic N) is 1. The van der Waals surface area contributed by atoms with Gasteiger partial charge in [0.25, 0.3) is 0 Å². The molecule has 0 unspecified atom stereocenters. The summed E-state index contributed by atoms with van der Waals surface area (Å²) in [4.78, 5) is 21.3. The minimum atomic E-state index is -5.08. The normalized spacial score (nSPS) is 10.2. The molecule has 0 aliphatic heterocycles. The molecule has 0 bridgehead atoms. The van der Waals surface area contributed by atoms with Gasteiger partial charge in [-0.15, -0.1) is 0 Å². The number of halogens is 3. The molecule has 1 amide bonds. The standard InChI is InChI=1S/C7H16N2O.C2HF3O2/c1-7(10)9(3)6-4-5-8-2;3-2(4,5)1(6)7/h8H,4-6H2,1-3H3;(H,6,7). The summed E-state index contributed by atoms with van der Waals surface area (Å²) < 4.78 is 31.7. The average molecular weight is 258 g/mol. The maximum absolute atomic E-state index is 10.6. The number of rotatable bonds is 4. The van der Waals surface area contributed by atoms with E-state index in [0.29, 0.717) is 0 Å². The summed E-state index contributed by atoms with van der Waals surface area (Å²) >= 11 is 0. The van der Waals surface area contributed by atoms with Crippen LogP contribution in [-0.2, 0) is 9.59 Å². The van der Waals surface area contributed by atoms with E-state index in [0.717, 1.165) is 19.5 Å². The highest BCUT2D eigenvalue weighted by Crippen LogP contribution is 2.13. The molecule has 0 aromatic carbocycles. The molecule has 0 fully saturated rings. The minimum Gasteiger partial charge on any atom is -0.475 e. The highest BCUT2D eigenvalue weighted by molar-refractivity contribution is 5.73. The molecule has 0 aliphatic carbocycles. The topological polar surface area (TPSA) is 69.6 Å². The summed E-state index contributed by atoms with van der Waals surface area (Å²) in [5, 5.41) is 10.1. The van der Waals surface area contributed by atoms with Gasteiger partial charge in [0, 0.05) is 20.5 Å². The smallest absolute Gasteiger partial charge is 0.475 e. The van der Waals surface area contributed by atoms with Crippen LogP contribution < -0.4 is 5.32 Å². The van der Waals surface area contributed by atoms with E-state index in [-0.39, 0.29) is 5.91 Å². The predicted octanol–water partition coefficient (Wildman–Crippen LogP) is 0.708. The average Bonchev–Trinajstić information content (AvgIpc) is 2.17. The van der Waals surface area contributed by atoms with Crippen molar-refractivity contribution in [1.29, 1.82) is 0 Å². The van der Waals surface area contributed by atoms with Crippen LogP contribution >= 0.6 is 0 Å². The van der Waals surface area contributed by atoms with Gasteiger partial charge in [-0.3, -0.25) is 4.79 Å². The third kappa shape index (κ3) is 12.6. The Morgan fingerprint density at radius 1 is 1.35 bits per heavy atom. The lowest BCUT2D eigenvalue weighted by Crippen LogP contribution is -2.26. The van der Waals surface area contributed by atoms with Crippen LogP contribution in [0.25, 0.3) is 0 Å². The van der Waals surface area contributed by atoms with Crippen LogP contribution in [0.4, 0.5) is 13.2 Å². The minimum absolute atomic E-state index is 0.135. The van der Waals surface area contributed by atoms with Gasteiger partial charge in [-0.25, -0.2) is 4.79 Å². The molecule has 17 heavy (non-hydrogen) atoms. The lowest BCUT2D eigenvalue weighted by molar-refractivity contribution is -0.192. The first-order chi connectivity index (χ1) is 7.62. The summed E-state index contributed by atoms with van der Waals surface area (Å²) in [6.45, 7) is 3.40. The van der Waals surface area contributed by atoms with Gasteiger partial charge in [-0.2, -0.15) is 13.2 Å². The van der Waals surface area contributed by atoms with Gasteiger partial charge in [-0.1, -0.05) is 0 Å². The second kappa shape index (κ2) is 8.80. The lowest BCUT2D eigenvalue weighted by atomic mass is 10.4. The number of nitrogens with one attached hydrogen (secondary N) is 1. The number of carboxylic acid groups (broad SMARTS) is 1. The van der Waals surface area contributed by atoms with Crippen LogP contribution in [0.2, 0.25) is 0 Å². The maximum atomic E-state index is 10.6. The Morgan fingerprint density at radius 3 is 2.00 bits per heavy atom. The Labute approximate surface area is 97.6 Å². The molecular formula is C9H17F3N2O3. The zero-order valence-corrected chi connectivity index (χ0v) is 9.97. The molecule has 2 N–H and O–H groups in total. The number of aliphatic carboxylic acids is 1. The van der Waals surface area contributed by atoms with E-state index in [1.54, 1.807) is 11.8 Å². The quantitative estimate of drug-likeness (QED) is 0.728. The predicted molar refractivity (Wildman–Crippen MR) is 55.5 cm³/mol. The zero-order valence-electron chi connectivity index (χ0n) is 9.97. The van der Waals surface area contributed by atoms with Gasteiger partial charge >= 0.3 is 12.1 Å². The highest BCUT2D eigenvalue weighted by Gasteiger charge is 2.38. The Hall–Kier alpha value is -1.31. The number of hydrogen-bond donors (Lipinski definition) is 2. The van der Waals surface area contributed by atoms with E-state index >= 15 is 0 Å². The van der Waals surface area contributed by atoms with E-state index in [1.807, 2.05) is 14.1 Å². The van der Waals surface area contributed by atoms with Crippen LogP contribution in [0.15, 0.2) is 0 Å². The van der Waals surface area contributed by atoms with E-state index in [4.69, 9.17) is 9.90 Å². The van der Waals surface area contributed by atoms with E-state index < -0.39 is 12.1 Å². The molecule has 0 aliphatic rings. The van der Waals surface area contributed by atoms with Crippen LogP contribution in [-0.4, -0.2) is 55.2 Å². The second-order valence-electron chi connectivity index (χ2n) is 3.20. The van der Waals surface area contributed by atoms with Gasteiger partial charge in [0.2, 0.25) is 5.91 Å². The van der Waals surface area contributed by atoms with Crippen molar-refractivity contribution < 1.29 is 27.9 Å². The van der Waals surface area contributed by atoms with Gasteiger partial charge in [0.15, 0.2) is 0 Å². The Balaban J connectivity index is 0. The molecule has 0 saturated carbocycles. The largest absolute Gasteiger partial charge is 0.490 e. The number of hydrogen-bond acceptors (Lipinski definition) is 3. The van der Waals surface area contributed by atoms with Crippen molar-refractivity contribution in [1.82, 2.24) is 10.2 Å². The van der Waals surface area contributed by atoms with Crippen molar-refractivity contribution in [3.63, 3.8) is 0 Å². The molecule has 8 heteroatoms. The van der Waals surface area contributed by atoms with Gasteiger partial charge in [0.1, 0.15) is 0 Å². The first-order valence-corrected chi connectivity index (χ1v) is 4.79. The third-order valence-electron chi connectivity index (χ3n) is 1.70. The third-order valence-corrected chi connectivity index (χ3v) is 1.70. The number of amides is 1. The molecule has 0 spiro atoms. The number of carbonyl (C=O) groups is 2. The molecule has 0 aromatic rings. The number of alkyl halides is 3. The lowest BCUT2D eigenvalue weighted by Gasteiger charge is -2.13. The van der Waals surface area contributed by atoms with Gasteiger partial charge < -0.3 is 15.3 Å². The van der Waals surface area contributed by atoms with E-state index in [1.165, 1.54) is 0 Å². The zero-order chi connectivity index (χ0) is 14.1. The van der Waals surface area contributed by atoms with Crippen LogP contribution in [0.1, 0.15) is 13.3 Å². The number of carboxylic acids is 1. The van der Waals surface area contributed by atoms with Crippen molar-refractivity contribution >= 4 is 11.9 Å². The molecule has 5 nitrogen and oxygen atoms in total. The first-order valence-electron chi connectivity index (χ1n) is 4.79. The fraction of sp³-hybridized carbons (Fsp3) is 0.778. The molecule has 0 atom stereocenters. The number of carbonyl (C=O) groups excluding carboxylic acids is 1. The van der Waals surface area contributed by atoms with E-state index in [2.05, 4.69) is 5.32 Å². The van der Waals surface area contributed by atoms with Crippen molar-refractivity contribution in [2.45, 2.75) is 19.5 Å². The molecule has 0 aromatic heterocycles. The Bertz CT molecular complexity index is 244. The SMILES string of the molecule is CNCCCN(C)C(C)=O.O=C(O)C(F)(F)F. The molecule has 102 valence electrons. The first kappa shape index (κ1) is 18.1. The van der Waals surface area contributed by atoms with Gasteiger partial charge in [-0.05, 0) is 20.0 Å². The summed E-state index contributed by atoms with van der Waals surface area (Å²) in [5.41, 5.74) is 0. The fourth-order valence-electron chi connectivity index (χ4n) is 0.650. The van der Waals surface area contributed by atoms with Crippen molar-refractivity contribution in [3.05, 3.63) is 0 Å². The summed E-state index contributed by atoms with van der Waals surface area (Å²) in [6.07, 6.45) is -4.06. The highest BCUT2D eigenvalue weighted by atomic mass is 19.4. The summed E-state index contributed by atoms with van der Waals surface area (Å²) in [5.74, 6) is -2.62. The second-order valence-corrected chi connectivity index (χ2v) is 3.20. The monoisotopic (exact) mass is 258 g/mol. The summed E-state index contributed by atoms with van der Waals surface area (Å²) in [6, 6.07) is 0. The molecule has 0 heterocycles. The molecule has 0 saturated heterocycles. The fourth-order valence-corrected chi connectivity index (χ4v) is 0.650. The molecule has 0 radical (unpaired) electrons. The molecule has 0 rings (SSSR count). The van der Waals surface area contributed by atoms with Crippen molar-refractivity contribution in [3.8, 4) is 0 Å². The molecular weight excluding hydrogens is 241 g/mol. The van der Waals surface area contributed by atoms with Crippen LogP contribution in [0, 0.1) is 0 Å². The van der Waals surface area contributed by atoms with Crippen LogP contribution in [0.5, 0.6) is 0 Å². The summed E-state index contributed by atoms with van der Waals surface area (Å²) in [7, 11) is 3.73. The maximum Gasteiger partial charge on any atom is 0.490 e. The Morgan fingerprint density at radius 2 is 1.76 bits per heavy atom. The van der Waals surface area contributed by atoms with Gasteiger partial charge in [0.05, 0.1) is 0 Å². The Kier molecular flexibility index (Phi) is 9.35.